The molecule has 3 aromatic rings. The van der Waals surface area contributed by atoms with E-state index in [1.807, 2.05) is 6.07 Å². The third-order valence-corrected chi connectivity index (χ3v) is 5.08. The molecule has 6 nitrogen and oxygen atoms in total. The predicted molar refractivity (Wildman–Crippen MR) is 109 cm³/mol. The van der Waals surface area contributed by atoms with Gasteiger partial charge in [0.05, 0.1) is 0 Å². The Morgan fingerprint density at radius 3 is 2.39 bits per heavy atom. The smallest absolute Gasteiger partial charge is 0.346 e. The van der Waals surface area contributed by atoms with Gasteiger partial charge in [-0.25, -0.2) is 4.79 Å². The highest BCUT2D eigenvalue weighted by Crippen LogP contribution is 2.20. The van der Waals surface area contributed by atoms with E-state index < -0.39 is 21.8 Å². The monoisotopic (exact) mass is 394 g/mol. The van der Waals surface area contributed by atoms with Gasteiger partial charge < -0.3 is 9.92 Å². The Hall–Kier alpha value is -3.45. The molecule has 142 valence electrons. The molecule has 0 atom stereocenters. The van der Waals surface area contributed by atoms with Crippen molar-refractivity contribution in [2.45, 2.75) is 5.75 Å². The molecule has 0 amide bonds. The van der Waals surface area contributed by atoms with E-state index in [4.69, 9.17) is 11.1 Å². The van der Waals surface area contributed by atoms with E-state index >= 15 is 0 Å². The first-order valence-corrected chi connectivity index (χ1v) is 9.96. The lowest BCUT2D eigenvalue weighted by molar-refractivity contribution is -0.128. The topological polar surface area (TPSA) is 110 Å². The summed E-state index contributed by atoms with van der Waals surface area (Å²) < 4.78 is 29.0. The summed E-state index contributed by atoms with van der Waals surface area (Å²) in [5.41, 5.74) is 7.32. The summed E-state index contributed by atoms with van der Waals surface area (Å²) in [7, 11) is -4.08. The lowest BCUT2D eigenvalue weighted by atomic mass is 10.0. The van der Waals surface area contributed by atoms with Crippen molar-refractivity contribution in [2.75, 3.05) is 0 Å². The fraction of sp³-hybridized carbons (Fsp3) is 0.0476. The Bertz CT molecular complexity index is 1170. The number of amidine groups is 1. The fourth-order valence-electron chi connectivity index (χ4n) is 2.67. The van der Waals surface area contributed by atoms with Crippen LogP contribution in [0.2, 0.25) is 0 Å². The van der Waals surface area contributed by atoms with E-state index in [1.54, 1.807) is 60.7 Å². The number of nitrogens with two attached hydrogens (primary N) is 1. The molecule has 0 saturated heterocycles. The van der Waals surface area contributed by atoms with Crippen molar-refractivity contribution < 1.29 is 17.4 Å². The second-order valence-corrected chi connectivity index (χ2v) is 7.73. The third kappa shape index (κ3) is 5.05. The van der Waals surface area contributed by atoms with Gasteiger partial charge in [0.1, 0.15) is 11.6 Å². The molecule has 0 aliphatic heterocycles. The minimum absolute atomic E-state index is 0.0379. The number of rotatable bonds is 6. The Kier molecular flexibility index (Phi) is 5.56. The average Bonchev–Trinajstić information content (AvgIpc) is 2.66. The molecule has 0 bridgehead atoms. The van der Waals surface area contributed by atoms with Crippen molar-refractivity contribution in [3.63, 3.8) is 0 Å². The van der Waals surface area contributed by atoms with Crippen LogP contribution < -0.4 is 5.73 Å². The molecule has 0 aromatic heterocycles. The van der Waals surface area contributed by atoms with Crippen LogP contribution in [0, 0.1) is 5.41 Å². The van der Waals surface area contributed by atoms with Crippen molar-refractivity contribution in [2.24, 2.45) is 5.73 Å². The van der Waals surface area contributed by atoms with E-state index in [0.717, 1.165) is 22.4 Å². The van der Waals surface area contributed by atoms with Gasteiger partial charge in [0.25, 0.3) is 0 Å². The summed E-state index contributed by atoms with van der Waals surface area (Å²) in [5, 5.41) is 9.10. The summed E-state index contributed by atoms with van der Waals surface area (Å²) >= 11 is 0. The highest BCUT2D eigenvalue weighted by molar-refractivity contribution is 7.86. The molecule has 0 heterocycles. The second kappa shape index (κ2) is 8.06. The minimum Gasteiger partial charge on any atom is -0.384 e. The number of fused-ring (bicyclic) bond motifs is 1. The molecule has 0 saturated carbocycles. The molecule has 0 aliphatic rings. The van der Waals surface area contributed by atoms with Crippen LogP contribution in [0.5, 0.6) is 0 Å². The number of nitrogen functional groups attached to an aromatic ring is 1. The molecule has 3 aromatic carbocycles. The first-order chi connectivity index (χ1) is 13.3. The minimum atomic E-state index is -4.08. The van der Waals surface area contributed by atoms with Crippen LogP contribution in [0.1, 0.15) is 16.7 Å². The van der Waals surface area contributed by atoms with Crippen molar-refractivity contribution in [3.8, 4) is 0 Å². The molecule has 0 spiro atoms. The van der Waals surface area contributed by atoms with Crippen LogP contribution in [0.25, 0.3) is 16.8 Å². The lowest BCUT2D eigenvalue weighted by Crippen LogP contribution is -2.13. The summed E-state index contributed by atoms with van der Waals surface area (Å²) in [6.07, 6.45) is 2.57. The molecule has 7 heteroatoms. The van der Waals surface area contributed by atoms with Crippen LogP contribution in [0.4, 0.5) is 0 Å². The van der Waals surface area contributed by atoms with Gasteiger partial charge in [0, 0.05) is 11.6 Å². The molecule has 0 unspecified atom stereocenters. The largest absolute Gasteiger partial charge is 0.384 e. The maximum absolute atomic E-state index is 12.2. The normalized spacial score (nSPS) is 11.6. The molecule has 3 rings (SSSR count). The van der Waals surface area contributed by atoms with Crippen molar-refractivity contribution in [1.29, 1.82) is 5.41 Å². The van der Waals surface area contributed by atoms with Gasteiger partial charge in [0.15, 0.2) is 0 Å². The summed E-state index contributed by atoms with van der Waals surface area (Å²) in [4.78, 5) is 11.8. The first-order valence-electron chi connectivity index (χ1n) is 8.39. The zero-order valence-corrected chi connectivity index (χ0v) is 15.6. The van der Waals surface area contributed by atoms with Gasteiger partial charge in [-0.3, -0.25) is 5.41 Å². The Balaban J connectivity index is 1.71. The first kappa shape index (κ1) is 19.3. The third-order valence-electron chi connectivity index (χ3n) is 3.98. The Morgan fingerprint density at radius 1 is 1.00 bits per heavy atom. The molecular weight excluding hydrogens is 376 g/mol. The van der Waals surface area contributed by atoms with Crippen molar-refractivity contribution in [1.82, 2.24) is 0 Å². The quantitative estimate of drug-likeness (QED) is 0.289. The summed E-state index contributed by atoms with van der Waals surface area (Å²) in [6, 6.07) is 19.3. The molecule has 0 radical (unpaired) electrons. The summed E-state index contributed by atoms with van der Waals surface area (Å²) in [6.45, 7) is 0. The molecule has 3 N–H and O–H groups in total. The van der Waals surface area contributed by atoms with Crippen LogP contribution in [-0.2, 0) is 24.8 Å². The second-order valence-electron chi connectivity index (χ2n) is 6.16. The van der Waals surface area contributed by atoms with Crippen LogP contribution in [0.15, 0.2) is 72.8 Å². The Labute approximate surface area is 162 Å². The van der Waals surface area contributed by atoms with Crippen LogP contribution in [0.3, 0.4) is 0 Å². The molecule has 0 aliphatic carbocycles. The van der Waals surface area contributed by atoms with Gasteiger partial charge in [-0.15, -0.1) is 0 Å². The lowest BCUT2D eigenvalue weighted by Gasteiger charge is -2.07. The average molecular weight is 394 g/mol. The van der Waals surface area contributed by atoms with Gasteiger partial charge in [-0.1, -0.05) is 60.7 Å². The van der Waals surface area contributed by atoms with Gasteiger partial charge in [-0.05, 0) is 34.0 Å². The molecule has 28 heavy (non-hydrogen) atoms. The standard InChI is InChI=1S/C21H18N2O4S/c22-21(23)19-10-9-17-12-16(6-8-18(17)13-19)14-28(25,26)27-20(24)11-7-15-4-2-1-3-5-15/h1-13H,14H2,(H3,22,23)/b11-7+. The number of carbonyl (C=O) groups is 1. The number of hydrogen-bond acceptors (Lipinski definition) is 5. The highest BCUT2D eigenvalue weighted by atomic mass is 32.2. The van der Waals surface area contributed by atoms with E-state index in [2.05, 4.69) is 4.18 Å². The predicted octanol–water partition coefficient (Wildman–Crippen LogP) is 3.21. The number of carbonyl (C=O) groups excluding carboxylic acids is 1. The number of hydrogen-bond donors (Lipinski definition) is 2. The van der Waals surface area contributed by atoms with E-state index in [-0.39, 0.29) is 5.84 Å². The maximum Gasteiger partial charge on any atom is 0.346 e. The fourth-order valence-corrected chi connectivity index (χ4v) is 3.62. The maximum atomic E-state index is 12.2. The zero-order chi connectivity index (χ0) is 20.1. The van der Waals surface area contributed by atoms with Crippen molar-refractivity contribution in [3.05, 3.63) is 89.5 Å². The van der Waals surface area contributed by atoms with E-state index in [9.17, 15) is 13.2 Å². The Morgan fingerprint density at radius 2 is 1.68 bits per heavy atom. The van der Waals surface area contributed by atoms with Crippen molar-refractivity contribution >= 4 is 38.8 Å². The zero-order valence-electron chi connectivity index (χ0n) is 14.8. The van der Waals surface area contributed by atoms with Crippen LogP contribution in [-0.4, -0.2) is 20.2 Å². The molecular formula is C21H18N2O4S. The van der Waals surface area contributed by atoms with Gasteiger partial charge in [0.2, 0.25) is 0 Å². The highest BCUT2D eigenvalue weighted by Gasteiger charge is 2.17. The van der Waals surface area contributed by atoms with Gasteiger partial charge >= 0.3 is 16.1 Å². The van der Waals surface area contributed by atoms with Crippen LogP contribution >= 0.6 is 0 Å². The van der Waals surface area contributed by atoms with Gasteiger partial charge in [-0.2, -0.15) is 8.42 Å². The summed E-state index contributed by atoms with van der Waals surface area (Å²) in [5.74, 6) is -1.41. The molecule has 0 fully saturated rings. The SMILES string of the molecule is N=C(N)c1ccc2cc(CS(=O)(=O)OC(=O)/C=C/c3ccccc3)ccc2c1. The van der Waals surface area contributed by atoms with E-state index in [0.29, 0.717) is 11.1 Å². The number of benzene rings is 3. The number of nitrogens with one attached hydrogen (secondary N) is 1. The van der Waals surface area contributed by atoms with E-state index in [1.165, 1.54) is 6.08 Å².